The minimum atomic E-state index is -0.299. The van der Waals surface area contributed by atoms with Crippen molar-refractivity contribution >= 4 is 17.5 Å². The van der Waals surface area contributed by atoms with Crippen LogP contribution in [-0.4, -0.2) is 26.1 Å². The molecule has 1 amide bonds. The van der Waals surface area contributed by atoms with E-state index in [0.717, 1.165) is 11.1 Å². The number of nitrogens with one attached hydrogen (secondary N) is 1. The average molecular weight is 246 g/mol. The SMILES string of the molecule is Cc1cc(C)c(C(=O)Nc2nnn(C)n2)cc1N. The quantitative estimate of drug-likeness (QED) is 0.758. The summed E-state index contributed by atoms with van der Waals surface area (Å²) in [6, 6.07) is 3.52. The molecule has 1 heterocycles. The fourth-order valence-corrected chi connectivity index (χ4v) is 1.62. The highest BCUT2D eigenvalue weighted by atomic mass is 16.1. The van der Waals surface area contributed by atoms with E-state index in [1.807, 2.05) is 19.9 Å². The zero-order valence-corrected chi connectivity index (χ0v) is 10.4. The maximum atomic E-state index is 12.0. The van der Waals surface area contributed by atoms with Crippen LogP contribution in [0.3, 0.4) is 0 Å². The molecule has 0 aliphatic rings. The van der Waals surface area contributed by atoms with Gasteiger partial charge in [0.25, 0.3) is 11.9 Å². The number of hydrogen-bond acceptors (Lipinski definition) is 5. The van der Waals surface area contributed by atoms with E-state index in [9.17, 15) is 4.79 Å². The van der Waals surface area contributed by atoms with Gasteiger partial charge in [0.15, 0.2) is 0 Å². The first-order valence-electron chi connectivity index (χ1n) is 5.39. The Morgan fingerprint density at radius 1 is 1.33 bits per heavy atom. The smallest absolute Gasteiger partial charge is 0.270 e. The summed E-state index contributed by atoms with van der Waals surface area (Å²) in [5.41, 5.74) is 8.68. The Bertz CT molecular complexity index is 604. The van der Waals surface area contributed by atoms with E-state index in [-0.39, 0.29) is 11.9 Å². The average Bonchev–Trinajstić information content (AvgIpc) is 2.69. The summed E-state index contributed by atoms with van der Waals surface area (Å²) >= 11 is 0. The molecule has 7 heteroatoms. The van der Waals surface area contributed by atoms with Gasteiger partial charge in [-0.05, 0) is 36.3 Å². The molecule has 2 rings (SSSR count). The molecule has 94 valence electrons. The van der Waals surface area contributed by atoms with Crippen molar-refractivity contribution < 1.29 is 4.79 Å². The largest absolute Gasteiger partial charge is 0.398 e. The molecule has 0 radical (unpaired) electrons. The van der Waals surface area contributed by atoms with Crippen LogP contribution >= 0.6 is 0 Å². The Morgan fingerprint density at radius 3 is 2.67 bits per heavy atom. The second kappa shape index (κ2) is 4.44. The van der Waals surface area contributed by atoms with Crippen LogP contribution in [-0.2, 0) is 7.05 Å². The summed E-state index contributed by atoms with van der Waals surface area (Å²) in [7, 11) is 1.62. The van der Waals surface area contributed by atoms with Gasteiger partial charge in [0.2, 0.25) is 0 Å². The van der Waals surface area contributed by atoms with Crippen LogP contribution in [0.1, 0.15) is 21.5 Å². The van der Waals surface area contributed by atoms with E-state index in [0.29, 0.717) is 11.3 Å². The van der Waals surface area contributed by atoms with Crippen molar-refractivity contribution in [3.8, 4) is 0 Å². The minimum absolute atomic E-state index is 0.168. The molecule has 0 saturated carbocycles. The molecular weight excluding hydrogens is 232 g/mol. The van der Waals surface area contributed by atoms with Crippen molar-refractivity contribution in [2.24, 2.45) is 7.05 Å². The van der Waals surface area contributed by atoms with E-state index in [4.69, 9.17) is 5.73 Å². The van der Waals surface area contributed by atoms with Crippen LogP contribution in [0.4, 0.5) is 11.6 Å². The van der Waals surface area contributed by atoms with E-state index in [1.54, 1.807) is 13.1 Å². The van der Waals surface area contributed by atoms with Gasteiger partial charge < -0.3 is 5.73 Å². The molecule has 0 aliphatic heterocycles. The maximum absolute atomic E-state index is 12.0. The number of anilines is 2. The van der Waals surface area contributed by atoms with Crippen molar-refractivity contribution in [2.75, 3.05) is 11.1 Å². The minimum Gasteiger partial charge on any atom is -0.398 e. The molecule has 1 aromatic heterocycles. The first-order chi connectivity index (χ1) is 8.47. The van der Waals surface area contributed by atoms with Gasteiger partial charge in [-0.15, -0.1) is 5.10 Å². The normalized spacial score (nSPS) is 10.4. The lowest BCUT2D eigenvalue weighted by Crippen LogP contribution is -2.15. The Hall–Kier alpha value is -2.44. The van der Waals surface area contributed by atoms with Crippen LogP contribution in [0, 0.1) is 13.8 Å². The molecule has 0 aliphatic carbocycles. The standard InChI is InChI=1S/C11H14N6O/c1-6-4-7(2)9(12)5-8(6)10(18)13-11-14-16-17(3)15-11/h4-5H,12H2,1-3H3,(H,13,15,18). The zero-order valence-electron chi connectivity index (χ0n) is 10.4. The molecule has 0 atom stereocenters. The highest BCUT2D eigenvalue weighted by Crippen LogP contribution is 2.18. The number of nitrogens with two attached hydrogens (primary N) is 1. The summed E-state index contributed by atoms with van der Waals surface area (Å²) in [5.74, 6) is -0.131. The van der Waals surface area contributed by atoms with E-state index in [2.05, 4.69) is 20.7 Å². The second-order valence-electron chi connectivity index (χ2n) is 4.08. The van der Waals surface area contributed by atoms with E-state index >= 15 is 0 Å². The lowest BCUT2D eigenvalue weighted by Gasteiger charge is -2.08. The van der Waals surface area contributed by atoms with Gasteiger partial charge in [-0.25, -0.2) is 0 Å². The molecule has 0 saturated heterocycles. The number of aromatic nitrogens is 4. The summed E-state index contributed by atoms with van der Waals surface area (Å²) in [6.07, 6.45) is 0. The Balaban J connectivity index is 2.26. The van der Waals surface area contributed by atoms with Gasteiger partial charge >= 0.3 is 0 Å². The number of benzene rings is 1. The Labute approximate surface area is 104 Å². The van der Waals surface area contributed by atoms with E-state index < -0.39 is 0 Å². The van der Waals surface area contributed by atoms with Crippen molar-refractivity contribution in [3.05, 3.63) is 28.8 Å². The molecule has 0 bridgehead atoms. The van der Waals surface area contributed by atoms with Crippen LogP contribution < -0.4 is 11.1 Å². The monoisotopic (exact) mass is 246 g/mol. The Morgan fingerprint density at radius 2 is 2.06 bits per heavy atom. The molecule has 0 unspecified atom stereocenters. The van der Waals surface area contributed by atoms with Gasteiger partial charge in [-0.2, -0.15) is 4.80 Å². The molecule has 18 heavy (non-hydrogen) atoms. The molecular formula is C11H14N6O. The Kier molecular flexibility index (Phi) is 2.97. The van der Waals surface area contributed by atoms with Crippen molar-refractivity contribution in [3.63, 3.8) is 0 Å². The first-order valence-corrected chi connectivity index (χ1v) is 5.39. The number of nitrogens with zero attached hydrogens (tertiary/aromatic N) is 4. The van der Waals surface area contributed by atoms with Gasteiger partial charge in [-0.3, -0.25) is 10.1 Å². The highest BCUT2D eigenvalue weighted by Gasteiger charge is 2.13. The number of nitrogen functional groups attached to an aromatic ring is 1. The third-order valence-electron chi connectivity index (χ3n) is 2.59. The van der Waals surface area contributed by atoms with Crippen LogP contribution in [0.25, 0.3) is 0 Å². The number of carbonyl (C=O) groups is 1. The van der Waals surface area contributed by atoms with Crippen LogP contribution in [0.2, 0.25) is 0 Å². The number of carbonyl (C=O) groups excluding carboxylic acids is 1. The van der Waals surface area contributed by atoms with E-state index in [1.165, 1.54) is 4.80 Å². The van der Waals surface area contributed by atoms with Crippen LogP contribution in [0.5, 0.6) is 0 Å². The molecule has 3 N–H and O–H groups in total. The second-order valence-corrected chi connectivity index (χ2v) is 4.08. The van der Waals surface area contributed by atoms with Gasteiger partial charge in [0, 0.05) is 11.3 Å². The van der Waals surface area contributed by atoms with Crippen molar-refractivity contribution in [1.82, 2.24) is 20.2 Å². The molecule has 2 aromatic rings. The first kappa shape index (κ1) is 12.0. The highest BCUT2D eigenvalue weighted by molar-refractivity contribution is 6.05. The fraction of sp³-hybridized carbons (Fsp3) is 0.273. The molecule has 1 aromatic carbocycles. The van der Waals surface area contributed by atoms with Gasteiger partial charge in [0.1, 0.15) is 0 Å². The molecule has 0 fully saturated rings. The topological polar surface area (TPSA) is 98.7 Å². The number of amides is 1. The molecule has 7 nitrogen and oxygen atoms in total. The number of aryl methyl sites for hydroxylation is 3. The summed E-state index contributed by atoms with van der Waals surface area (Å²) < 4.78 is 0. The van der Waals surface area contributed by atoms with Crippen molar-refractivity contribution in [1.29, 1.82) is 0 Å². The van der Waals surface area contributed by atoms with Gasteiger partial charge in [-0.1, -0.05) is 11.2 Å². The summed E-state index contributed by atoms with van der Waals surface area (Å²) in [4.78, 5) is 13.3. The van der Waals surface area contributed by atoms with Gasteiger partial charge in [0.05, 0.1) is 7.05 Å². The predicted molar refractivity (Wildman–Crippen MR) is 67.1 cm³/mol. The van der Waals surface area contributed by atoms with Crippen molar-refractivity contribution in [2.45, 2.75) is 13.8 Å². The van der Waals surface area contributed by atoms with Crippen LogP contribution in [0.15, 0.2) is 12.1 Å². The molecule has 0 spiro atoms. The lowest BCUT2D eigenvalue weighted by atomic mass is 10.0. The number of tetrazole rings is 1. The third kappa shape index (κ3) is 2.29. The summed E-state index contributed by atoms with van der Waals surface area (Å²) in [6.45, 7) is 3.75. The maximum Gasteiger partial charge on any atom is 0.270 e. The number of rotatable bonds is 2. The lowest BCUT2D eigenvalue weighted by molar-refractivity contribution is 0.102. The zero-order chi connectivity index (χ0) is 13.3. The fourth-order valence-electron chi connectivity index (χ4n) is 1.62. The number of hydrogen-bond donors (Lipinski definition) is 2. The third-order valence-corrected chi connectivity index (χ3v) is 2.59. The predicted octanol–water partition coefficient (Wildman–Crippen LogP) is 0.661. The summed E-state index contributed by atoms with van der Waals surface area (Å²) in [5, 5.41) is 13.8.